The smallest absolute Gasteiger partial charge is 0.339 e. The van der Waals surface area contributed by atoms with Crippen molar-refractivity contribution in [2.24, 2.45) is 0 Å². The Morgan fingerprint density at radius 3 is 2.80 bits per heavy atom. The van der Waals surface area contributed by atoms with E-state index < -0.39 is 12.6 Å². The van der Waals surface area contributed by atoms with Crippen molar-refractivity contribution < 1.29 is 23.8 Å². The molecule has 1 aromatic rings. The molecule has 1 N–H and O–H groups in total. The summed E-state index contributed by atoms with van der Waals surface area (Å²) in [5, 5.41) is 8.90. The van der Waals surface area contributed by atoms with Crippen LogP contribution in [0.3, 0.4) is 0 Å². The van der Waals surface area contributed by atoms with Crippen molar-refractivity contribution in [2.45, 2.75) is 6.67 Å². The van der Waals surface area contributed by atoms with Gasteiger partial charge in [-0.15, -0.1) is 0 Å². The van der Waals surface area contributed by atoms with Crippen LogP contribution in [0.2, 0.25) is 0 Å². The quantitative estimate of drug-likeness (QED) is 0.809. The predicted molar refractivity (Wildman–Crippen MR) is 49.2 cm³/mol. The zero-order chi connectivity index (χ0) is 10.8. The fourth-order valence-electron chi connectivity index (χ4n) is 1.45. The lowest BCUT2D eigenvalue weighted by molar-refractivity contribution is 0.0686. The van der Waals surface area contributed by atoms with Crippen LogP contribution >= 0.6 is 0 Å². The first-order valence-corrected chi connectivity index (χ1v) is 4.44. The van der Waals surface area contributed by atoms with Gasteiger partial charge in [-0.1, -0.05) is 0 Å². The Hall–Kier alpha value is -1.78. The van der Waals surface area contributed by atoms with E-state index in [2.05, 4.69) is 0 Å². The molecule has 1 heterocycles. The highest BCUT2D eigenvalue weighted by Crippen LogP contribution is 2.35. The van der Waals surface area contributed by atoms with Gasteiger partial charge in [0.1, 0.15) is 25.5 Å². The highest BCUT2D eigenvalue weighted by molar-refractivity contribution is 5.92. The van der Waals surface area contributed by atoms with Crippen molar-refractivity contribution in [3.05, 3.63) is 23.3 Å². The average molecular weight is 212 g/mol. The number of hydrogen-bond donors (Lipinski definition) is 1. The maximum absolute atomic E-state index is 12.4. The number of alkyl halides is 1. The molecule has 0 amide bonds. The highest BCUT2D eigenvalue weighted by Gasteiger charge is 2.21. The largest absolute Gasteiger partial charge is 0.486 e. The van der Waals surface area contributed by atoms with Crippen LogP contribution in [0.25, 0.3) is 0 Å². The average Bonchev–Trinajstić information content (AvgIpc) is 2.27. The van der Waals surface area contributed by atoms with Crippen molar-refractivity contribution in [1.29, 1.82) is 0 Å². The van der Waals surface area contributed by atoms with Gasteiger partial charge in [0.15, 0.2) is 11.5 Å². The minimum Gasteiger partial charge on any atom is -0.486 e. The second-order valence-electron chi connectivity index (χ2n) is 3.11. The van der Waals surface area contributed by atoms with E-state index in [0.717, 1.165) is 0 Å². The highest BCUT2D eigenvalue weighted by atomic mass is 19.1. The second kappa shape index (κ2) is 3.76. The van der Waals surface area contributed by atoms with E-state index in [4.69, 9.17) is 14.6 Å². The number of rotatable bonds is 2. The molecule has 0 bridgehead atoms. The van der Waals surface area contributed by atoms with Crippen LogP contribution in [0.15, 0.2) is 12.1 Å². The molecule has 0 aromatic heterocycles. The van der Waals surface area contributed by atoms with Crippen LogP contribution in [0.1, 0.15) is 15.9 Å². The Kier molecular flexibility index (Phi) is 2.45. The number of carboxylic acids is 1. The molecule has 80 valence electrons. The van der Waals surface area contributed by atoms with Gasteiger partial charge >= 0.3 is 5.97 Å². The number of fused-ring (bicyclic) bond motifs is 1. The number of carbonyl (C=O) groups is 1. The lowest BCUT2D eigenvalue weighted by Gasteiger charge is -2.20. The summed E-state index contributed by atoms with van der Waals surface area (Å²) in [6.07, 6.45) is 0. The lowest BCUT2D eigenvalue weighted by Crippen LogP contribution is -2.18. The van der Waals surface area contributed by atoms with Crippen molar-refractivity contribution in [2.75, 3.05) is 13.2 Å². The molecule has 1 aromatic carbocycles. The summed E-state index contributed by atoms with van der Waals surface area (Å²) in [6.45, 7) is -0.0685. The Morgan fingerprint density at radius 1 is 1.40 bits per heavy atom. The fourth-order valence-corrected chi connectivity index (χ4v) is 1.45. The Bertz CT molecular complexity index is 403. The third kappa shape index (κ3) is 1.72. The predicted octanol–water partition coefficient (Wildman–Crippen LogP) is 1.63. The minimum atomic E-state index is -1.15. The van der Waals surface area contributed by atoms with Crippen molar-refractivity contribution in [1.82, 2.24) is 0 Å². The monoisotopic (exact) mass is 212 g/mol. The molecule has 0 fully saturated rings. The topological polar surface area (TPSA) is 55.8 Å². The zero-order valence-corrected chi connectivity index (χ0v) is 7.83. The number of carboxylic acid groups (broad SMARTS) is 1. The van der Waals surface area contributed by atoms with Gasteiger partial charge in [-0.3, -0.25) is 0 Å². The van der Waals surface area contributed by atoms with Gasteiger partial charge in [-0.25, -0.2) is 9.18 Å². The van der Waals surface area contributed by atoms with Gasteiger partial charge in [-0.2, -0.15) is 0 Å². The summed E-state index contributed by atoms with van der Waals surface area (Å²) in [4.78, 5) is 10.9. The maximum atomic E-state index is 12.4. The van der Waals surface area contributed by atoms with E-state index in [1.54, 1.807) is 0 Å². The summed E-state index contributed by atoms with van der Waals surface area (Å²) < 4.78 is 22.8. The Balaban J connectivity index is 2.55. The molecule has 15 heavy (non-hydrogen) atoms. The summed E-state index contributed by atoms with van der Waals surface area (Å²) >= 11 is 0. The third-order valence-electron chi connectivity index (χ3n) is 2.09. The minimum absolute atomic E-state index is 0.0557. The molecular formula is C10H9FO4. The van der Waals surface area contributed by atoms with E-state index in [-0.39, 0.29) is 16.9 Å². The molecule has 1 aliphatic heterocycles. The van der Waals surface area contributed by atoms with Gasteiger partial charge in [0.05, 0.1) is 0 Å². The first-order valence-electron chi connectivity index (χ1n) is 4.44. The normalized spacial score (nSPS) is 13.7. The van der Waals surface area contributed by atoms with Gasteiger partial charge < -0.3 is 14.6 Å². The molecule has 0 saturated carbocycles. The van der Waals surface area contributed by atoms with Crippen molar-refractivity contribution in [3.63, 3.8) is 0 Å². The molecule has 0 radical (unpaired) electrons. The van der Waals surface area contributed by atoms with Crippen LogP contribution < -0.4 is 9.47 Å². The summed E-state index contributed by atoms with van der Waals surface area (Å²) in [7, 11) is 0. The fraction of sp³-hybridized carbons (Fsp3) is 0.300. The number of halogens is 1. The van der Waals surface area contributed by atoms with Crippen LogP contribution in [0.4, 0.5) is 4.39 Å². The molecular weight excluding hydrogens is 203 g/mol. The van der Waals surface area contributed by atoms with Crippen LogP contribution in [-0.2, 0) is 6.67 Å². The third-order valence-corrected chi connectivity index (χ3v) is 2.09. The molecule has 0 spiro atoms. The van der Waals surface area contributed by atoms with Gasteiger partial charge in [0.2, 0.25) is 0 Å². The zero-order valence-electron chi connectivity index (χ0n) is 7.83. The summed E-state index contributed by atoms with van der Waals surface area (Å²) in [5.74, 6) is -0.660. The van der Waals surface area contributed by atoms with Gasteiger partial charge in [-0.05, 0) is 17.7 Å². The molecule has 0 aliphatic carbocycles. The van der Waals surface area contributed by atoms with Gasteiger partial charge in [0.25, 0.3) is 0 Å². The maximum Gasteiger partial charge on any atom is 0.339 e. The lowest BCUT2D eigenvalue weighted by atomic mass is 10.1. The number of aromatic carboxylic acids is 1. The van der Waals surface area contributed by atoms with Crippen LogP contribution in [-0.4, -0.2) is 24.3 Å². The Morgan fingerprint density at radius 2 is 2.13 bits per heavy atom. The molecule has 1 aliphatic rings. The Labute approximate surface area is 85.2 Å². The number of ether oxygens (including phenoxy) is 2. The molecule has 5 heteroatoms. The van der Waals surface area contributed by atoms with Crippen LogP contribution in [0.5, 0.6) is 11.5 Å². The van der Waals surface area contributed by atoms with Crippen molar-refractivity contribution >= 4 is 5.97 Å². The standard InChI is InChI=1S/C10H9FO4/c11-5-6-3-7(10(12)13)9-8(4-6)14-1-2-15-9/h3-4H,1-2,5H2,(H,12,13). The van der Waals surface area contributed by atoms with E-state index >= 15 is 0 Å². The van der Waals surface area contributed by atoms with Gasteiger partial charge in [0, 0.05) is 0 Å². The SMILES string of the molecule is O=C(O)c1cc(CF)cc2c1OCCO2. The molecule has 2 rings (SSSR count). The summed E-state index contributed by atoms with van der Waals surface area (Å²) in [5.41, 5.74) is 0.219. The number of hydrogen-bond acceptors (Lipinski definition) is 3. The van der Waals surface area contributed by atoms with Crippen LogP contribution in [0, 0.1) is 0 Å². The number of benzene rings is 1. The first-order chi connectivity index (χ1) is 7.22. The van der Waals surface area contributed by atoms with E-state index in [1.807, 2.05) is 0 Å². The van der Waals surface area contributed by atoms with E-state index in [1.165, 1.54) is 12.1 Å². The van der Waals surface area contributed by atoms with Crippen molar-refractivity contribution in [3.8, 4) is 11.5 Å². The molecule has 0 unspecified atom stereocenters. The van der Waals surface area contributed by atoms with E-state index in [9.17, 15) is 9.18 Å². The molecule has 0 saturated heterocycles. The first kappa shape index (κ1) is 9.76. The second-order valence-corrected chi connectivity index (χ2v) is 3.11. The molecule has 4 nitrogen and oxygen atoms in total. The summed E-state index contributed by atoms with van der Waals surface area (Å²) in [6, 6.07) is 2.72. The molecule has 0 atom stereocenters. The van der Waals surface area contributed by atoms with E-state index in [0.29, 0.717) is 19.0 Å².